The van der Waals surface area contributed by atoms with Crippen molar-refractivity contribution in [3.8, 4) is 21.7 Å². The number of pyridine rings is 1. The molecule has 0 bridgehead atoms. The topological polar surface area (TPSA) is 67.9 Å². The van der Waals surface area contributed by atoms with E-state index >= 15 is 0 Å². The summed E-state index contributed by atoms with van der Waals surface area (Å²) in [6, 6.07) is 11.9. The second-order valence-electron chi connectivity index (χ2n) is 10.2. The number of thiazole rings is 1. The smallest absolute Gasteiger partial charge is 0.163 e. The Kier molecular flexibility index (Phi) is 6.23. The molecule has 2 aromatic carbocycles. The Morgan fingerprint density at radius 1 is 1.08 bits per heavy atom. The third-order valence-corrected chi connectivity index (χ3v) is 7.54. The maximum Gasteiger partial charge on any atom is 0.163 e. The normalized spacial score (nSPS) is 13.0. The molecular formula is C29H28ClN3O2S. The maximum atomic E-state index is 12.9. The Bertz CT molecular complexity index is 1610. The number of aromatic amines is 1. The van der Waals surface area contributed by atoms with Gasteiger partial charge < -0.3 is 9.72 Å². The van der Waals surface area contributed by atoms with Crippen molar-refractivity contribution in [3.63, 3.8) is 0 Å². The fourth-order valence-electron chi connectivity index (χ4n) is 4.53. The number of benzene rings is 2. The summed E-state index contributed by atoms with van der Waals surface area (Å²) in [5, 5.41) is 2.61. The molecule has 7 heteroatoms. The van der Waals surface area contributed by atoms with Gasteiger partial charge in [-0.2, -0.15) is 0 Å². The van der Waals surface area contributed by atoms with Crippen molar-refractivity contribution in [3.05, 3.63) is 70.5 Å². The second-order valence-corrected chi connectivity index (χ2v) is 11.6. The monoisotopic (exact) mass is 517 g/mol. The van der Waals surface area contributed by atoms with Crippen molar-refractivity contribution in [1.29, 1.82) is 0 Å². The number of aryl methyl sites for hydroxylation is 2. The highest BCUT2D eigenvalue weighted by molar-refractivity contribution is 7.22. The van der Waals surface area contributed by atoms with Gasteiger partial charge in [0.2, 0.25) is 0 Å². The first-order valence-electron chi connectivity index (χ1n) is 11.8. The van der Waals surface area contributed by atoms with E-state index in [2.05, 4.69) is 29.0 Å². The summed E-state index contributed by atoms with van der Waals surface area (Å²) in [5.74, 6) is -0.0371. The zero-order valence-electron chi connectivity index (χ0n) is 21.2. The second kappa shape index (κ2) is 9.11. The van der Waals surface area contributed by atoms with Crippen LogP contribution in [0.1, 0.15) is 50.5 Å². The van der Waals surface area contributed by atoms with E-state index in [-0.39, 0.29) is 5.78 Å². The van der Waals surface area contributed by atoms with Crippen molar-refractivity contribution >= 4 is 50.0 Å². The number of aromatic nitrogens is 3. The van der Waals surface area contributed by atoms with E-state index in [4.69, 9.17) is 21.3 Å². The Labute approximate surface area is 219 Å². The molecule has 0 aliphatic heterocycles. The summed E-state index contributed by atoms with van der Waals surface area (Å²) >= 11 is 7.83. The Morgan fingerprint density at radius 2 is 1.81 bits per heavy atom. The molecule has 36 heavy (non-hydrogen) atoms. The highest BCUT2D eigenvalue weighted by Crippen LogP contribution is 2.44. The molecule has 5 nitrogen and oxygen atoms in total. The number of hydrogen-bond acceptors (Lipinski definition) is 5. The third kappa shape index (κ3) is 4.57. The van der Waals surface area contributed by atoms with E-state index in [1.165, 1.54) is 0 Å². The van der Waals surface area contributed by atoms with Crippen LogP contribution in [0.15, 0.2) is 48.8 Å². The van der Waals surface area contributed by atoms with Gasteiger partial charge in [-0.25, -0.2) is 9.97 Å². The quantitative estimate of drug-likeness (QED) is 0.255. The lowest BCUT2D eigenvalue weighted by Gasteiger charge is -2.29. The van der Waals surface area contributed by atoms with Crippen molar-refractivity contribution in [2.45, 2.75) is 53.2 Å². The van der Waals surface area contributed by atoms with Crippen LogP contribution in [0.2, 0.25) is 5.02 Å². The molecule has 0 spiro atoms. The predicted molar refractivity (Wildman–Crippen MR) is 149 cm³/mol. The van der Waals surface area contributed by atoms with Gasteiger partial charge in [-0.05, 0) is 82.5 Å². The minimum atomic E-state index is -0.703. The van der Waals surface area contributed by atoms with Gasteiger partial charge in [0.25, 0.3) is 0 Å². The van der Waals surface area contributed by atoms with Crippen LogP contribution in [0.5, 0.6) is 0 Å². The number of fused-ring (bicyclic) bond motifs is 2. The summed E-state index contributed by atoms with van der Waals surface area (Å²) in [6.07, 6.45) is 3.11. The zero-order valence-corrected chi connectivity index (χ0v) is 22.8. The van der Waals surface area contributed by atoms with Gasteiger partial charge >= 0.3 is 0 Å². The molecule has 0 unspecified atom stereocenters. The lowest BCUT2D eigenvalue weighted by Crippen LogP contribution is -2.27. The molecule has 0 aliphatic carbocycles. The maximum absolute atomic E-state index is 12.9. The van der Waals surface area contributed by atoms with Gasteiger partial charge in [0.15, 0.2) is 5.78 Å². The molecular weight excluding hydrogens is 490 g/mol. The molecule has 184 valence electrons. The fraction of sp³-hybridized carbons (Fsp3) is 0.276. The molecule has 5 rings (SSSR count). The SMILES string of the molecule is CC(=O)[C@@H](OC(C)(C)C)c1c(C)cc2nc(-c3cnc4[nH]cc(C)c4c3)sc2c1-c1ccc(Cl)cc1. The summed E-state index contributed by atoms with van der Waals surface area (Å²) in [6.45, 7) is 11.6. The number of ketones is 1. The number of Topliss-reactive ketones (excluding diaryl/α,β-unsaturated/α-hetero) is 1. The minimum Gasteiger partial charge on any atom is -0.360 e. The molecule has 1 N–H and O–H groups in total. The van der Waals surface area contributed by atoms with E-state index in [9.17, 15) is 4.79 Å². The Morgan fingerprint density at radius 3 is 2.47 bits per heavy atom. The number of hydrogen-bond donors (Lipinski definition) is 1. The van der Waals surface area contributed by atoms with E-state index < -0.39 is 11.7 Å². The number of carbonyl (C=O) groups is 1. The van der Waals surface area contributed by atoms with Gasteiger partial charge in [-0.3, -0.25) is 4.79 Å². The number of halogens is 1. The standard InChI is InChI=1S/C29H28ClN3O2S/c1-15-11-22-26(36-28(33-22)19-12-21-16(2)13-31-27(21)32-14-19)24(18-7-9-20(30)10-8-18)23(15)25(17(3)34)35-29(4,5)6/h7-14,25H,1-6H3,(H,31,32)/t25-/m1/s1. The molecule has 0 aliphatic rings. The van der Waals surface area contributed by atoms with Crippen LogP contribution < -0.4 is 0 Å². The first-order valence-corrected chi connectivity index (χ1v) is 13.0. The van der Waals surface area contributed by atoms with Crippen LogP contribution in [0.4, 0.5) is 0 Å². The number of carbonyl (C=O) groups excluding carboxylic acids is 1. The van der Waals surface area contributed by atoms with Gasteiger partial charge in [0.1, 0.15) is 16.8 Å². The fourth-order valence-corrected chi connectivity index (χ4v) is 5.76. The molecule has 5 aromatic rings. The van der Waals surface area contributed by atoms with E-state index in [1.807, 2.05) is 64.4 Å². The van der Waals surface area contributed by atoms with Crippen LogP contribution in [-0.4, -0.2) is 26.3 Å². The van der Waals surface area contributed by atoms with Gasteiger partial charge in [-0.15, -0.1) is 11.3 Å². The average Bonchev–Trinajstić information content (AvgIpc) is 3.40. The minimum absolute atomic E-state index is 0.0371. The van der Waals surface area contributed by atoms with Crippen molar-refractivity contribution in [2.24, 2.45) is 0 Å². The van der Waals surface area contributed by atoms with Crippen molar-refractivity contribution in [2.75, 3.05) is 0 Å². The van der Waals surface area contributed by atoms with E-state index in [0.717, 1.165) is 59.6 Å². The molecule has 0 fully saturated rings. The van der Waals surface area contributed by atoms with Crippen LogP contribution in [-0.2, 0) is 9.53 Å². The van der Waals surface area contributed by atoms with Crippen LogP contribution in [0.25, 0.3) is 42.9 Å². The summed E-state index contributed by atoms with van der Waals surface area (Å²) in [4.78, 5) is 25.7. The third-order valence-electron chi connectivity index (χ3n) is 6.15. The molecule has 0 amide bonds. The van der Waals surface area contributed by atoms with Crippen molar-refractivity contribution < 1.29 is 9.53 Å². The van der Waals surface area contributed by atoms with E-state index in [0.29, 0.717) is 5.02 Å². The number of ether oxygens (including phenoxy) is 1. The van der Waals surface area contributed by atoms with Crippen LogP contribution in [0.3, 0.4) is 0 Å². The first kappa shape index (κ1) is 24.6. The lowest BCUT2D eigenvalue weighted by atomic mass is 9.90. The van der Waals surface area contributed by atoms with E-state index in [1.54, 1.807) is 18.3 Å². The molecule has 1 atom stereocenters. The van der Waals surface area contributed by atoms with Gasteiger partial charge in [0, 0.05) is 39.5 Å². The number of rotatable bonds is 5. The average molecular weight is 518 g/mol. The van der Waals surface area contributed by atoms with Gasteiger partial charge in [0.05, 0.1) is 15.8 Å². The highest BCUT2D eigenvalue weighted by Gasteiger charge is 2.30. The zero-order chi connectivity index (χ0) is 25.8. The lowest BCUT2D eigenvalue weighted by molar-refractivity contribution is -0.138. The van der Waals surface area contributed by atoms with Crippen LogP contribution >= 0.6 is 22.9 Å². The number of nitrogens with one attached hydrogen (secondary N) is 1. The largest absolute Gasteiger partial charge is 0.360 e. The Balaban J connectivity index is 1.79. The molecule has 0 radical (unpaired) electrons. The summed E-state index contributed by atoms with van der Waals surface area (Å²) in [5.41, 5.74) is 7.11. The summed E-state index contributed by atoms with van der Waals surface area (Å²) in [7, 11) is 0. The predicted octanol–water partition coefficient (Wildman–Crippen LogP) is 8.22. The molecule has 0 saturated carbocycles. The first-order chi connectivity index (χ1) is 17.0. The molecule has 3 aromatic heterocycles. The van der Waals surface area contributed by atoms with Crippen LogP contribution in [0, 0.1) is 13.8 Å². The molecule has 3 heterocycles. The van der Waals surface area contributed by atoms with Crippen molar-refractivity contribution in [1.82, 2.24) is 15.0 Å². The summed E-state index contributed by atoms with van der Waals surface area (Å²) < 4.78 is 7.34. The van der Waals surface area contributed by atoms with Gasteiger partial charge in [-0.1, -0.05) is 23.7 Å². The molecule has 0 saturated heterocycles. The Hall–Kier alpha value is -3.06. The number of nitrogens with zero attached hydrogens (tertiary/aromatic N) is 2. The number of H-pyrrole nitrogens is 1. The highest BCUT2D eigenvalue weighted by atomic mass is 35.5.